The Morgan fingerprint density at radius 2 is 1.95 bits per heavy atom. The van der Waals surface area contributed by atoms with Gasteiger partial charge in [-0.15, -0.1) is 0 Å². The first-order valence-corrected chi connectivity index (χ1v) is 6.73. The van der Waals surface area contributed by atoms with Gasteiger partial charge in [0.25, 0.3) is 0 Å². The van der Waals surface area contributed by atoms with E-state index >= 15 is 0 Å². The molecule has 0 spiro atoms. The van der Waals surface area contributed by atoms with Crippen molar-refractivity contribution in [1.29, 1.82) is 0 Å². The fraction of sp³-hybridized carbons (Fsp3) is 0.467. The van der Waals surface area contributed by atoms with Crippen LogP contribution in [0.25, 0.3) is 0 Å². The second-order valence-electron chi connectivity index (χ2n) is 4.97. The normalized spacial score (nSPS) is 10.6. The predicted molar refractivity (Wildman–Crippen MR) is 78.9 cm³/mol. The van der Waals surface area contributed by atoms with E-state index in [0.29, 0.717) is 6.54 Å². The highest BCUT2D eigenvalue weighted by molar-refractivity contribution is 5.93. The maximum Gasteiger partial charge on any atom is 0.317 e. The highest BCUT2D eigenvalue weighted by Gasteiger charge is 2.13. The molecule has 0 aliphatic heterocycles. The summed E-state index contributed by atoms with van der Waals surface area (Å²) in [7, 11) is 0. The third-order valence-electron chi connectivity index (χ3n) is 2.93. The van der Waals surface area contributed by atoms with Crippen molar-refractivity contribution in [3.63, 3.8) is 0 Å². The Labute approximate surface area is 119 Å². The van der Waals surface area contributed by atoms with Gasteiger partial charge in [0.2, 0.25) is 5.91 Å². The third kappa shape index (κ3) is 5.40. The molecule has 5 heteroatoms. The molecule has 0 atom stereocenters. The number of nitrogens with one attached hydrogen (secondary N) is 1. The molecule has 0 saturated carbocycles. The Morgan fingerprint density at radius 3 is 2.55 bits per heavy atom. The summed E-state index contributed by atoms with van der Waals surface area (Å²) in [5.41, 5.74) is 2.84. The standard InChI is InChI=1S/C15H22N2O3/c1-4-7-17(10-15(19)20)9-14(18)16-13-8-11(2)5-6-12(13)3/h5-6,8H,4,7,9-10H2,1-3H3,(H,16,18)(H,19,20). The number of carboxylic acids is 1. The molecule has 110 valence electrons. The number of aryl methyl sites for hydroxylation is 2. The molecule has 1 aromatic rings. The first kappa shape index (κ1) is 16.2. The zero-order valence-corrected chi connectivity index (χ0v) is 12.3. The minimum absolute atomic E-state index is 0.0908. The van der Waals surface area contributed by atoms with Crippen molar-refractivity contribution in [3.8, 4) is 0 Å². The van der Waals surface area contributed by atoms with Gasteiger partial charge in [-0.25, -0.2) is 0 Å². The van der Waals surface area contributed by atoms with E-state index in [1.165, 1.54) is 0 Å². The van der Waals surface area contributed by atoms with Gasteiger partial charge in [0.1, 0.15) is 0 Å². The van der Waals surface area contributed by atoms with Gasteiger partial charge in [0.05, 0.1) is 13.1 Å². The predicted octanol–water partition coefficient (Wildman–Crippen LogP) is 2.04. The second kappa shape index (κ2) is 7.65. The number of nitrogens with zero attached hydrogens (tertiary/aromatic N) is 1. The van der Waals surface area contributed by atoms with Gasteiger partial charge in [0, 0.05) is 5.69 Å². The third-order valence-corrected chi connectivity index (χ3v) is 2.93. The van der Waals surface area contributed by atoms with E-state index < -0.39 is 5.97 Å². The topological polar surface area (TPSA) is 69.6 Å². The first-order chi connectivity index (χ1) is 9.42. The molecule has 0 heterocycles. The second-order valence-corrected chi connectivity index (χ2v) is 4.97. The number of carboxylic acid groups (broad SMARTS) is 1. The largest absolute Gasteiger partial charge is 0.480 e. The molecule has 20 heavy (non-hydrogen) atoms. The quantitative estimate of drug-likeness (QED) is 0.800. The lowest BCUT2D eigenvalue weighted by molar-refractivity contribution is -0.138. The summed E-state index contributed by atoms with van der Waals surface area (Å²) in [6.07, 6.45) is 0.810. The van der Waals surface area contributed by atoms with E-state index in [1.807, 2.05) is 39.0 Å². The molecule has 0 aliphatic rings. The zero-order valence-electron chi connectivity index (χ0n) is 12.3. The van der Waals surface area contributed by atoms with Crippen LogP contribution >= 0.6 is 0 Å². The van der Waals surface area contributed by atoms with E-state index in [9.17, 15) is 9.59 Å². The molecular weight excluding hydrogens is 256 g/mol. The molecule has 1 amide bonds. The molecule has 0 aromatic heterocycles. The lowest BCUT2D eigenvalue weighted by atomic mass is 10.1. The number of benzene rings is 1. The Kier molecular flexibility index (Phi) is 6.18. The van der Waals surface area contributed by atoms with E-state index in [-0.39, 0.29) is 19.0 Å². The maximum atomic E-state index is 12.0. The molecule has 0 saturated heterocycles. The number of anilines is 1. The molecule has 0 fully saturated rings. The van der Waals surface area contributed by atoms with Crippen LogP contribution in [0.3, 0.4) is 0 Å². The number of rotatable bonds is 7. The minimum atomic E-state index is -0.919. The first-order valence-electron chi connectivity index (χ1n) is 6.73. The molecule has 0 bridgehead atoms. The van der Waals surface area contributed by atoms with Gasteiger partial charge < -0.3 is 10.4 Å². The number of hydrogen-bond acceptors (Lipinski definition) is 3. The number of carbonyl (C=O) groups excluding carboxylic acids is 1. The summed E-state index contributed by atoms with van der Waals surface area (Å²) < 4.78 is 0. The molecular formula is C15H22N2O3. The van der Waals surface area contributed by atoms with Crippen LogP contribution in [0.2, 0.25) is 0 Å². The van der Waals surface area contributed by atoms with Gasteiger partial charge in [-0.05, 0) is 44.0 Å². The molecule has 1 rings (SSSR count). The van der Waals surface area contributed by atoms with E-state index in [0.717, 1.165) is 23.2 Å². The van der Waals surface area contributed by atoms with Crippen LogP contribution in [0.1, 0.15) is 24.5 Å². The van der Waals surface area contributed by atoms with Gasteiger partial charge in [-0.3, -0.25) is 14.5 Å². The summed E-state index contributed by atoms with van der Waals surface area (Å²) in [6.45, 7) is 6.41. The van der Waals surface area contributed by atoms with Gasteiger partial charge >= 0.3 is 5.97 Å². The number of aliphatic carboxylic acids is 1. The average Bonchev–Trinajstić information content (AvgIpc) is 2.33. The summed E-state index contributed by atoms with van der Waals surface area (Å²) in [6, 6.07) is 5.85. The SMILES string of the molecule is CCCN(CC(=O)O)CC(=O)Nc1cc(C)ccc1C. The van der Waals surface area contributed by atoms with Crippen molar-refractivity contribution >= 4 is 17.6 Å². The lowest BCUT2D eigenvalue weighted by Crippen LogP contribution is -2.37. The fourth-order valence-corrected chi connectivity index (χ4v) is 1.98. The summed E-state index contributed by atoms with van der Waals surface area (Å²) in [5.74, 6) is -1.11. The van der Waals surface area contributed by atoms with Gasteiger partial charge in [-0.1, -0.05) is 19.1 Å². The van der Waals surface area contributed by atoms with Gasteiger partial charge in [-0.2, -0.15) is 0 Å². The maximum absolute atomic E-state index is 12.0. The molecule has 0 aliphatic carbocycles. The zero-order chi connectivity index (χ0) is 15.1. The monoisotopic (exact) mass is 278 g/mol. The number of carbonyl (C=O) groups is 2. The van der Waals surface area contributed by atoms with Crippen LogP contribution < -0.4 is 5.32 Å². The summed E-state index contributed by atoms with van der Waals surface area (Å²) in [5, 5.41) is 11.7. The van der Waals surface area contributed by atoms with Gasteiger partial charge in [0.15, 0.2) is 0 Å². The van der Waals surface area contributed by atoms with E-state index in [1.54, 1.807) is 4.90 Å². The minimum Gasteiger partial charge on any atom is -0.480 e. The molecule has 5 nitrogen and oxygen atoms in total. The van der Waals surface area contributed by atoms with Crippen LogP contribution in [-0.4, -0.2) is 41.5 Å². The van der Waals surface area contributed by atoms with Crippen molar-refractivity contribution in [3.05, 3.63) is 29.3 Å². The Balaban J connectivity index is 2.65. The Bertz CT molecular complexity index is 486. The molecule has 2 N–H and O–H groups in total. The van der Waals surface area contributed by atoms with Crippen LogP contribution in [0.4, 0.5) is 5.69 Å². The summed E-state index contributed by atoms with van der Waals surface area (Å²) >= 11 is 0. The molecule has 0 unspecified atom stereocenters. The van der Waals surface area contributed by atoms with Crippen molar-refractivity contribution in [2.45, 2.75) is 27.2 Å². The van der Waals surface area contributed by atoms with Crippen LogP contribution in [0.5, 0.6) is 0 Å². The average molecular weight is 278 g/mol. The van der Waals surface area contributed by atoms with Crippen molar-refractivity contribution in [2.24, 2.45) is 0 Å². The smallest absolute Gasteiger partial charge is 0.317 e. The number of hydrogen-bond donors (Lipinski definition) is 2. The van der Waals surface area contributed by atoms with Crippen LogP contribution in [0, 0.1) is 13.8 Å². The summed E-state index contributed by atoms with van der Waals surface area (Å²) in [4.78, 5) is 24.4. The highest BCUT2D eigenvalue weighted by Crippen LogP contribution is 2.16. The Morgan fingerprint density at radius 1 is 1.25 bits per heavy atom. The van der Waals surface area contributed by atoms with Crippen molar-refractivity contribution in [1.82, 2.24) is 4.90 Å². The molecule has 0 radical (unpaired) electrons. The fourth-order valence-electron chi connectivity index (χ4n) is 1.98. The van der Waals surface area contributed by atoms with Crippen molar-refractivity contribution < 1.29 is 14.7 Å². The molecule has 1 aromatic carbocycles. The van der Waals surface area contributed by atoms with E-state index in [4.69, 9.17) is 5.11 Å². The lowest BCUT2D eigenvalue weighted by Gasteiger charge is -2.19. The van der Waals surface area contributed by atoms with Crippen molar-refractivity contribution in [2.75, 3.05) is 25.0 Å². The Hall–Kier alpha value is -1.88. The van der Waals surface area contributed by atoms with Crippen LogP contribution in [-0.2, 0) is 9.59 Å². The van der Waals surface area contributed by atoms with Crippen LogP contribution in [0.15, 0.2) is 18.2 Å². The highest BCUT2D eigenvalue weighted by atomic mass is 16.4. The van der Waals surface area contributed by atoms with E-state index in [2.05, 4.69) is 5.32 Å². The number of amides is 1.